The fraction of sp³-hybridized carbons (Fsp3) is 0.154. The Hall–Kier alpha value is -2.50. The van der Waals surface area contributed by atoms with Gasteiger partial charge in [-0.2, -0.15) is 0 Å². The fourth-order valence-corrected chi connectivity index (χ4v) is 2.11. The Bertz CT molecular complexity index is 693. The highest BCUT2D eigenvalue weighted by Crippen LogP contribution is 2.30. The zero-order chi connectivity index (χ0) is 13.6. The van der Waals surface area contributed by atoms with E-state index in [2.05, 4.69) is 4.98 Å². The van der Waals surface area contributed by atoms with E-state index in [1.165, 1.54) is 23.1 Å². The van der Waals surface area contributed by atoms with E-state index in [0.29, 0.717) is 11.5 Å². The third-order valence-corrected chi connectivity index (χ3v) is 3.16. The van der Waals surface area contributed by atoms with Gasteiger partial charge in [0.25, 0.3) is 11.7 Å². The highest BCUT2D eigenvalue weighted by atomic mass is 19.1. The molecule has 0 radical (unpaired) electrons. The minimum Gasteiger partial charge on any atom is -0.337 e. The van der Waals surface area contributed by atoms with E-state index in [-0.39, 0.29) is 12.1 Å². The van der Waals surface area contributed by atoms with Gasteiger partial charge >= 0.3 is 0 Å². The van der Waals surface area contributed by atoms with Crippen LogP contribution in [0.25, 0.3) is 0 Å². The maximum Gasteiger partial charge on any atom is 0.299 e. The molecular weight excluding hydrogens is 249 g/mol. The van der Waals surface area contributed by atoms with E-state index in [1.54, 1.807) is 24.0 Å². The summed E-state index contributed by atoms with van der Waals surface area (Å²) in [5.74, 6) is -1.11. The molecule has 0 N–H and O–H groups in total. The van der Waals surface area contributed by atoms with Crippen LogP contribution in [-0.4, -0.2) is 21.2 Å². The Morgan fingerprint density at radius 3 is 2.79 bits per heavy atom. The Kier molecular flexibility index (Phi) is 2.45. The van der Waals surface area contributed by atoms with Gasteiger partial charge in [0, 0.05) is 19.4 Å². The summed E-state index contributed by atoms with van der Waals surface area (Å²) in [6.45, 7) is 0.143. The quantitative estimate of drug-likeness (QED) is 0.764. The molecule has 1 aliphatic heterocycles. The summed E-state index contributed by atoms with van der Waals surface area (Å²) in [5.41, 5.74) is 0.540. The molecule has 19 heavy (non-hydrogen) atoms. The Balaban J connectivity index is 2.04. The molecule has 3 rings (SSSR count). The van der Waals surface area contributed by atoms with Crippen molar-refractivity contribution >= 4 is 17.4 Å². The number of hydrogen-bond acceptors (Lipinski definition) is 3. The number of hydrogen-bond donors (Lipinski definition) is 0. The maximum atomic E-state index is 13.3. The fourth-order valence-electron chi connectivity index (χ4n) is 2.11. The second-order valence-corrected chi connectivity index (χ2v) is 4.34. The van der Waals surface area contributed by atoms with Crippen molar-refractivity contribution in [3.8, 4) is 0 Å². The van der Waals surface area contributed by atoms with Crippen molar-refractivity contribution in [3.05, 3.63) is 47.8 Å². The summed E-state index contributed by atoms with van der Waals surface area (Å²) >= 11 is 0. The number of fused-ring (bicyclic) bond motifs is 1. The summed E-state index contributed by atoms with van der Waals surface area (Å²) in [4.78, 5) is 29.1. The highest BCUT2D eigenvalue weighted by molar-refractivity contribution is 6.52. The van der Waals surface area contributed by atoms with Crippen LogP contribution in [0.2, 0.25) is 0 Å². The summed E-state index contributed by atoms with van der Waals surface area (Å²) in [6, 6.07) is 3.71. The van der Waals surface area contributed by atoms with Crippen molar-refractivity contribution < 1.29 is 14.0 Å². The standard InChI is InChI=1S/C13H10FN3O2/c1-16-5-4-15-11(16)7-17-10-6-8(14)2-3-9(10)12(18)13(17)19/h2-6H,7H2,1H3. The lowest BCUT2D eigenvalue weighted by atomic mass is 10.1. The molecule has 1 amide bonds. The van der Waals surface area contributed by atoms with Crippen LogP contribution < -0.4 is 4.90 Å². The van der Waals surface area contributed by atoms with Crippen LogP contribution in [0.1, 0.15) is 16.2 Å². The van der Waals surface area contributed by atoms with Gasteiger partial charge in [-0.05, 0) is 18.2 Å². The van der Waals surface area contributed by atoms with Gasteiger partial charge in [0.05, 0.1) is 17.8 Å². The number of imidazole rings is 1. The Morgan fingerprint density at radius 2 is 2.11 bits per heavy atom. The highest BCUT2D eigenvalue weighted by Gasteiger charge is 2.36. The van der Waals surface area contributed by atoms with E-state index in [0.717, 1.165) is 0 Å². The number of carbonyl (C=O) groups excluding carboxylic acids is 2. The summed E-state index contributed by atoms with van der Waals surface area (Å²) in [5, 5.41) is 0. The molecule has 96 valence electrons. The number of carbonyl (C=O) groups is 2. The van der Waals surface area contributed by atoms with Crippen LogP contribution in [0.5, 0.6) is 0 Å². The van der Waals surface area contributed by atoms with Crippen LogP contribution in [-0.2, 0) is 18.4 Å². The van der Waals surface area contributed by atoms with Gasteiger partial charge in [0.2, 0.25) is 0 Å². The number of aryl methyl sites for hydroxylation is 1. The van der Waals surface area contributed by atoms with Crippen molar-refractivity contribution in [2.75, 3.05) is 4.90 Å². The maximum absolute atomic E-state index is 13.3. The van der Waals surface area contributed by atoms with Gasteiger partial charge < -0.3 is 4.57 Å². The van der Waals surface area contributed by atoms with E-state index in [4.69, 9.17) is 0 Å². The molecule has 2 aromatic rings. The molecule has 0 aliphatic carbocycles. The lowest BCUT2D eigenvalue weighted by molar-refractivity contribution is -0.114. The minimum atomic E-state index is -0.649. The molecule has 0 saturated heterocycles. The first-order valence-electron chi connectivity index (χ1n) is 5.70. The van der Waals surface area contributed by atoms with Crippen molar-refractivity contribution in [2.24, 2.45) is 7.05 Å². The van der Waals surface area contributed by atoms with Crippen LogP contribution in [0.15, 0.2) is 30.6 Å². The smallest absolute Gasteiger partial charge is 0.299 e. The summed E-state index contributed by atoms with van der Waals surface area (Å²) < 4.78 is 15.0. The number of halogens is 1. The first-order chi connectivity index (χ1) is 9.08. The zero-order valence-electron chi connectivity index (χ0n) is 10.1. The molecule has 0 unspecified atom stereocenters. The molecule has 0 saturated carbocycles. The van der Waals surface area contributed by atoms with Gasteiger partial charge in [0.15, 0.2) is 0 Å². The van der Waals surface area contributed by atoms with Crippen molar-refractivity contribution in [2.45, 2.75) is 6.54 Å². The van der Waals surface area contributed by atoms with Gasteiger partial charge in [-0.3, -0.25) is 14.5 Å². The second kappa shape index (κ2) is 4.01. The number of anilines is 1. The molecule has 1 aromatic heterocycles. The third kappa shape index (κ3) is 1.72. The van der Waals surface area contributed by atoms with Gasteiger partial charge in [-0.1, -0.05) is 0 Å². The molecule has 6 heteroatoms. The molecule has 0 atom stereocenters. The van der Waals surface area contributed by atoms with Crippen LogP contribution >= 0.6 is 0 Å². The van der Waals surface area contributed by atoms with Crippen molar-refractivity contribution in [3.63, 3.8) is 0 Å². The third-order valence-electron chi connectivity index (χ3n) is 3.16. The number of aromatic nitrogens is 2. The number of amides is 1. The molecule has 0 bridgehead atoms. The Morgan fingerprint density at radius 1 is 1.32 bits per heavy atom. The monoisotopic (exact) mass is 259 g/mol. The SMILES string of the molecule is Cn1ccnc1CN1C(=O)C(=O)c2ccc(F)cc21. The molecule has 5 nitrogen and oxygen atoms in total. The predicted octanol–water partition coefficient (Wildman–Crippen LogP) is 1.29. The summed E-state index contributed by atoms with van der Waals surface area (Å²) in [6.07, 6.45) is 3.34. The van der Waals surface area contributed by atoms with Crippen LogP contribution in [0.4, 0.5) is 10.1 Å². The average molecular weight is 259 g/mol. The number of Topliss-reactive ketones (excluding diaryl/α,β-unsaturated/α-hetero) is 1. The van der Waals surface area contributed by atoms with E-state index >= 15 is 0 Å². The largest absolute Gasteiger partial charge is 0.337 e. The Labute approximate surface area is 108 Å². The lowest BCUT2D eigenvalue weighted by Gasteiger charge is -2.16. The second-order valence-electron chi connectivity index (χ2n) is 4.34. The number of benzene rings is 1. The zero-order valence-corrected chi connectivity index (χ0v) is 10.1. The number of rotatable bonds is 2. The van der Waals surface area contributed by atoms with Crippen LogP contribution in [0, 0.1) is 5.82 Å². The molecule has 1 aromatic carbocycles. The molecule has 0 spiro atoms. The van der Waals surface area contributed by atoms with E-state index < -0.39 is 17.5 Å². The molecule has 0 fully saturated rings. The van der Waals surface area contributed by atoms with Gasteiger partial charge in [-0.25, -0.2) is 9.37 Å². The minimum absolute atomic E-state index is 0.143. The summed E-state index contributed by atoms with van der Waals surface area (Å²) in [7, 11) is 1.79. The van der Waals surface area contributed by atoms with Crippen molar-refractivity contribution in [1.29, 1.82) is 0 Å². The predicted molar refractivity (Wildman–Crippen MR) is 65.1 cm³/mol. The molecule has 2 heterocycles. The molecular formula is C13H10FN3O2. The van der Waals surface area contributed by atoms with E-state index in [1.807, 2.05) is 0 Å². The number of ketones is 1. The first kappa shape index (κ1) is 11.6. The van der Waals surface area contributed by atoms with Gasteiger partial charge in [0.1, 0.15) is 11.6 Å². The molecule has 1 aliphatic rings. The topological polar surface area (TPSA) is 55.2 Å². The van der Waals surface area contributed by atoms with Crippen molar-refractivity contribution in [1.82, 2.24) is 9.55 Å². The first-order valence-corrected chi connectivity index (χ1v) is 5.70. The van der Waals surface area contributed by atoms with Crippen LogP contribution in [0.3, 0.4) is 0 Å². The lowest BCUT2D eigenvalue weighted by Crippen LogP contribution is -2.30. The van der Waals surface area contributed by atoms with Gasteiger partial charge in [-0.15, -0.1) is 0 Å². The number of nitrogens with zero attached hydrogens (tertiary/aromatic N) is 3. The van der Waals surface area contributed by atoms with E-state index in [9.17, 15) is 14.0 Å². The normalized spacial score (nSPS) is 14.1. The average Bonchev–Trinajstić information content (AvgIpc) is 2.88.